The first-order valence-electron chi connectivity index (χ1n) is 10.8. The number of pyridine rings is 1. The third kappa shape index (κ3) is 4.61. The number of hydrogen-bond donors (Lipinski definition) is 1. The van der Waals surface area contributed by atoms with Gasteiger partial charge in [0.25, 0.3) is 0 Å². The van der Waals surface area contributed by atoms with Crippen molar-refractivity contribution in [3.8, 4) is 17.1 Å². The van der Waals surface area contributed by atoms with Gasteiger partial charge in [-0.1, -0.05) is 31.0 Å². The van der Waals surface area contributed by atoms with Crippen LogP contribution in [-0.2, 0) is 13.0 Å². The molecule has 0 unspecified atom stereocenters. The zero-order valence-electron chi connectivity index (χ0n) is 18.3. The Kier molecular flexibility index (Phi) is 6.44. The lowest BCUT2D eigenvalue weighted by molar-refractivity contribution is 0.0684. The molecule has 0 fully saturated rings. The third-order valence-corrected chi connectivity index (χ3v) is 5.36. The summed E-state index contributed by atoms with van der Waals surface area (Å²) in [5, 5.41) is 10.6. The Morgan fingerprint density at radius 1 is 1.09 bits per heavy atom. The molecule has 0 aliphatic carbocycles. The number of carboxylic acid groups (broad SMARTS) is 1. The van der Waals surface area contributed by atoms with Gasteiger partial charge in [0, 0.05) is 24.2 Å². The summed E-state index contributed by atoms with van der Waals surface area (Å²) in [6.07, 6.45) is 6.31. The van der Waals surface area contributed by atoms with Crippen LogP contribution in [0.3, 0.4) is 0 Å². The van der Waals surface area contributed by atoms with E-state index in [4.69, 9.17) is 4.74 Å². The van der Waals surface area contributed by atoms with Gasteiger partial charge in [0.2, 0.25) is 0 Å². The molecule has 164 valence electrons. The number of carbonyl (C=O) groups is 1. The number of hydrogen-bond acceptors (Lipinski definition) is 5. The number of nitrogens with zero attached hydrogens (tertiary/aromatic N) is 4. The van der Waals surface area contributed by atoms with E-state index in [2.05, 4.69) is 21.9 Å². The first-order valence-corrected chi connectivity index (χ1v) is 10.8. The molecule has 0 saturated heterocycles. The molecule has 0 saturated carbocycles. The standard InChI is InChI=1S/C25H26N4O3/c1-3-4-5-23-26-12-10-20(28-23)24-19-16-22(25(30)31)29(21(19)11-13-27-24)14-15-32-18-8-6-17(2)7-9-18/h6-13,16H,3-5,14-15H2,1-2H3,(H,30,31). The zero-order valence-corrected chi connectivity index (χ0v) is 18.3. The van der Waals surface area contributed by atoms with Crippen molar-refractivity contribution in [3.63, 3.8) is 0 Å². The van der Waals surface area contributed by atoms with Gasteiger partial charge in [-0.25, -0.2) is 14.8 Å². The topological polar surface area (TPSA) is 90.1 Å². The van der Waals surface area contributed by atoms with E-state index in [1.165, 1.54) is 0 Å². The second-order valence-corrected chi connectivity index (χ2v) is 7.70. The van der Waals surface area contributed by atoms with Crippen LogP contribution < -0.4 is 4.74 Å². The second kappa shape index (κ2) is 9.60. The molecule has 0 atom stereocenters. The van der Waals surface area contributed by atoms with Gasteiger partial charge in [-0.05, 0) is 43.7 Å². The number of aryl methyl sites for hydroxylation is 2. The lowest BCUT2D eigenvalue weighted by atomic mass is 10.1. The molecular formula is C25H26N4O3. The number of fused-ring (bicyclic) bond motifs is 1. The fraction of sp³-hybridized carbons (Fsp3) is 0.280. The highest BCUT2D eigenvalue weighted by molar-refractivity contribution is 5.99. The maximum atomic E-state index is 12.0. The second-order valence-electron chi connectivity index (χ2n) is 7.70. The molecule has 3 heterocycles. The molecular weight excluding hydrogens is 404 g/mol. The molecule has 0 aliphatic rings. The summed E-state index contributed by atoms with van der Waals surface area (Å²) >= 11 is 0. The lowest BCUT2D eigenvalue weighted by Gasteiger charge is -2.11. The van der Waals surface area contributed by atoms with Gasteiger partial charge in [-0.15, -0.1) is 0 Å². The molecule has 7 heteroatoms. The molecule has 0 amide bonds. The predicted molar refractivity (Wildman–Crippen MR) is 123 cm³/mol. The minimum atomic E-state index is -0.992. The van der Waals surface area contributed by atoms with Crippen molar-refractivity contribution in [2.75, 3.05) is 6.61 Å². The Hall–Kier alpha value is -3.74. The van der Waals surface area contributed by atoms with E-state index in [0.29, 0.717) is 24.5 Å². The summed E-state index contributed by atoms with van der Waals surface area (Å²) in [6, 6.07) is 13.1. The summed E-state index contributed by atoms with van der Waals surface area (Å²) in [6.45, 7) is 4.89. The van der Waals surface area contributed by atoms with Gasteiger partial charge in [-0.3, -0.25) is 4.98 Å². The summed E-state index contributed by atoms with van der Waals surface area (Å²) in [7, 11) is 0. The average molecular weight is 431 g/mol. The highest BCUT2D eigenvalue weighted by atomic mass is 16.5. The first kappa shape index (κ1) is 21.5. The summed E-state index contributed by atoms with van der Waals surface area (Å²) in [5.41, 5.74) is 3.49. The highest BCUT2D eigenvalue weighted by Crippen LogP contribution is 2.28. The molecule has 0 radical (unpaired) electrons. The molecule has 4 aromatic rings. The van der Waals surface area contributed by atoms with Crippen LogP contribution in [0.1, 0.15) is 41.6 Å². The largest absolute Gasteiger partial charge is 0.492 e. The van der Waals surface area contributed by atoms with E-state index in [1.54, 1.807) is 23.0 Å². The molecule has 7 nitrogen and oxygen atoms in total. The van der Waals surface area contributed by atoms with Gasteiger partial charge < -0.3 is 14.4 Å². The fourth-order valence-corrected chi connectivity index (χ4v) is 3.68. The van der Waals surface area contributed by atoms with Crippen LogP contribution in [0, 0.1) is 6.92 Å². The Morgan fingerprint density at radius 2 is 1.88 bits per heavy atom. The van der Waals surface area contributed by atoms with Crippen molar-refractivity contribution in [2.45, 2.75) is 39.7 Å². The highest BCUT2D eigenvalue weighted by Gasteiger charge is 2.19. The molecule has 0 bridgehead atoms. The van der Waals surface area contributed by atoms with E-state index in [9.17, 15) is 9.90 Å². The lowest BCUT2D eigenvalue weighted by Crippen LogP contribution is -2.13. The van der Waals surface area contributed by atoms with Crippen LogP contribution in [-0.4, -0.2) is 37.2 Å². The summed E-state index contributed by atoms with van der Waals surface area (Å²) in [5.74, 6) is 0.535. The Labute approximate surface area is 186 Å². The number of aromatic nitrogens is 4. The third-order valence-electron chi connectivity index (χ3n) is 5.36. The van der Waals surface area contributed by atoms with Gasteiger partial charge in [-0.2, -0.15) is 0 Å². The molecule has 0 spiro atoms. The molecule has 1 aromatic carbocycles. The van der Waals surface area contributed by atoms with E-state index in [1.807, 2.05) is 43.3 Å². The van der Waals surface area contributed by atoms with Crippen molar-refractivity contribution in [1.82, 2.24) is 19.5 Å². The number of ether oxygens (including phenoxy) is 1. The maximum absolute atomic E-state index is 12.0. The van der Waals surface area contributed by atoms with E-state index in [0.717, 1.165) is 47.3 Å². The summed E-state index contributed by atoms with van der Waals surface area (Å²) in [4.78, 5) is 25.5. The van der Waals surface area contributed by atoms with Crippen molar-refractivity contribution < 1.29 is 14.6 Å². The number of aromatic carboxylic acids is 1. The average Bonchev–Trinajstić information content (AvgIpc) is 3.18. The minimum absolute atomic E-state index is 0.196. The van der Waals surface area contributed by atoms with E-state index >= 15 is 0 Å². The number of benzene rings is 1. The zero-order chi connectivity index (χ0) is 22.5. The van der Waals surface area contributed by atoms with Crippen molar-refractivity contribution in [2.24, 2.45) is 0 Å². The number of rotatable bonds is 9. The van der Waals surface area contributed by atoms with Crippen LogP contribution in [0.15, 0.2) is 54.9 Å². The first-order chi connectivity index (χ1) is 15.6. The molecule has 0 aliphatic heterocycles. The quantitative estimate of drug-likeness (QED) is 0.405. The summed E-state index contributed by atoms with van der Waals surface area (Å²) < 4.78 is 7.60. The van der Waals surface area contributed by atoms with Crippen LogP contribution >= 0.6 is 0 Å². The maximum Gasteiger partial charge on any atom is 0.352 e. The van der Waals surface area contributed by atoms with Gasteiger partial charge in [0.05, 0.1) is 23.4 Å². The molecule has 4 rings (SSSR count). The van der Waals surface area contributed by atoms with E-state index < -0.39 is 5.97 Å². The Balaban J connectivity index is 1.66. The smallest absolute Gasteiger partial charge is 0.352 e. The monoisotopic (exact) mass is 430 g/mol. The van der Waals surface area contributed by atoms with Crippen LogP contribution in [0.2, 0.25) is 0 Å². The van der Waals surface area contributed by atoms with Crippen LogP contribution in [0.4, 0.5) is 0 Å². The van der Waals surface area contributed by atoms with Crippen LogP contribution in [0.5, 0.6) is 5.75 Å². The van der Waals surface area contributed by atoms with Crippen molar-refractivity contribution in [1.29, 1.82) is 0 Å². The molecule has 32 heavy (non-hydrogen) atoms. The normalized spacial score (nSPS) is 11.1. The fourth-order valence-electron chi connectivity index (χ4n) is 3.68. The molecule has 1 N–H and O–H groups in total. The predicted octanol–water partition coefficient (Wildman–Crippen LogP) is 4.92. The Bertz CT molecular complexity index is 1230. The molecule has 3 aromatic heterocycles. The van der Waals surface area contributed by atoms with Gasteiger partial charge >= 0.3 is 5.97 Å². The van der Waals surface area contributed by atoms with Gasteiger partial charge in [0.15, 0.2) is 0 Å². The van der Waals surface area contributed by atoms with Crippen LogP contribution in [0.25, 0.3) is 22.3 Å². The number of unbranched alkanes of at least 4 members (excludes halogenated alkanes) is 1. The number of carboxylic acids is 1. The SMILES string of the molecule is CCCCc1nccc(-c2nccc3c2cc(C(=O)O)n3CCOc2ccc(C)cc2)n1. The Morgan fingerprint density at radius 3 is 2.62 bits per heavy atom. The van der Waals surface area contributed by atoms with Crippen molar-refractivity contribution in [3.05, 3.63) is 71.9 Å². The van der Waals surface area contributed by atoms with E-state index in [-0.39, 0.29) is 5.69 Å². The van der Waals surface area contributed by atoms with Gasteiger partial charge in [0.1, 0.15) is 23.9 Å². The minimum Gasteiger partial charge on any atom is -0.492 e. The van der Waals surface area contributed by atoms with Crippen molar-refractivity contribution >= 4 is 16.9 Å².